The number of phenols is 1. The van der Waals surface area contributed by atoms with Gasteiger partial charge >= 0.3 is 6.18 Å². The zero-order chi connectivity index (χ0) is 22.2. The third kappa shape index (κ3) is 4.27. The van der Waals surface area contributed by atoms with E-state index in [-0.39, 0.29) is 23.7 Å². The number of fused-ring (bicyclic) bond motifs is 1. The Morgan fingerprint density at radius 2 is 1.97 bits per heavy atom. The van der Waals surface area contributed by atoms with E-state index >= 15 is 0 Å². The summed E-state index contributed by atoms with van der Waals surface area (Å²) in [6, 6.07) is 11.4. The Hall–Kier alpha value is -3.69. The van der Waals surface area contributed by atoms with Crippen molar-refractivity contribution in [2.45, 2.75) is 24.7 Å². The maximum Gasteiger partial charge on any atom is 0.410 e. The van der Waals surface area contributed by atoms with Crippen LogP contribution in [0.15, 0.2) is 54.6 Å². The predicted molar refractivity (Wildman–Crippen MR) is 107 cm³/mol. The van der Waals surface area contributed by atoms with Crippen molar-refractivity contribution in [3.8, 4) is 11.5 Å². The van der Waals surface area contributed by atoms with Gasteiger partial charge in [0, 0.05) is 24.2 Å². The molecule has 0 spiro atoms. The van der Waals surface area contributed by atoms with Crippen molar-refractivity contribution in [1.82, 2.24) is 9.78 Å². The van der Waals surface area contributed by atoms with E-state index < -0.39 is 24.2 Å². The van der Waals surface area contributed by atoms with E-state index in [0.29, 0.717) is 17.0 Å². The van der Waals surface area contributed by atoms with Crippen LogP contribution < -0.4 is 15.4 Å². The quantitative estimate of drug-likeness (QED) is 0.565. The van der Waals surface area contributed by atoms with Crippen LogP contribution in [0.1, 0.15) is 34.6 Å². The first-order valence-electron chi connectivity index (χ1n) is 9.42. The van der Waals surface area contributed by atoms with Crippen LogP contribution in [0, 0.1) is 0 Å². The molecule has 3 aromatic rings. The number of methoxy groups -OCH3 is 1. The van der Waals surface area contributed by atoms with Gasteiger partial charge in [-0.3, -0.25) is 4.79 Å². The first-order valence-corrected chi connectivity index (χ1v) is 9.42. The Bertz CT molecular complexity index is 1100. The molecule has 4 rings (SSSR count). The first kappa shape index (κ1) is 20.6. The molecule has 10 heteroatoms. The highest BCUT2D eigenvalue weighted by Gasteiger charge is 2.46. The third-order valence-electron chi connectivity index (χ3n) is 5.04. The van der Waals surface area contributed by atoms with Gasteiger partial charge in [0.25, 0.3) is 5.91 Å². The second kappa shape index (κ2) is 7.86. The molecule has 3 N–H and O–H groups in total. The van der Waals surface area contributed by atoms with Crippen molar-refractivity contribution in [2.75, 3.05) is 17.7 Å². The molecule has 1 aliphatic rings. The van der Waals surface area contributed by atoms with Gasteiger partial charge in [0.2, 0.25) is 0 Å². The molecule has 1 aliphatic heterocycles. The largest absolute Gasteiger partial charge is 0.508 e. The smallest absolute Gasteiger partial charge is 0.410 e. The van der Waals surface area contributed by atoms with Gasteiger partial charge in [-0.2, -0.15) is 18.3 Å². The van der Waals surface area contributed by atoms with Crippen LogP contribution in [0.2, 0.25) is 0 Å². The van der Waals surface area contributed by atoms with Crippen LogP contribution in [0.25, 0.3) is 0 Å². The molecule has 0 aliphatic carbocycles. The van der Waals surface area contributed by atoms with E-state index in [4.69, 9.17) is 4.74 Å². The van der Waals surface area contributed by atoms with Gasteiger partial charge in [-0.05, 0) is 29.8 Å². The number of halogens is 3. The van der Waals surface area contributed by atoms with Gasteiger partial charge in [-0.1, -0.05) is 18.2 Å². The fourth-order valence-corrected chi connectivity index (χ4v) is 3.52. The summed E-state index contributed by atoms with van der Waals surface area (Å²) in [6.07, 6.45) is -4.83. The van der Waals surface area contributed by atoms with E-state index in [2.05, 4.69) is 15.7 Å². The van der Waals surface area contributed by atoms with Crippen LogP contribution in [-0.2, 0) is 0 Å². The number of nitrogens with one attached hydrogen (secondary N) is 2. The van der Waals surface area contributed by atoms with E-state index in [1.165, 1.54) is 31.4 Å². The molecule has 0 radical (unpaired) electrons. The second-order valence-electron chi connectivity index (χ2n) is 7.13. The van der Waals surface area contributed by atoms with Crippen molar-refractivity contribution in [3.63, 3.8) is 0 Å². The summed E-state index contributed by atoms with van der Waals surface area (Å²) < 4.78 is 47.3. The monoisotopic (exact) mass is 432 g/mol. The van der Waals surface area contributed by atoms with Gasteiger partial charge in [0.1, 0.15) is 17.3 Å². The number of rotatable bonds is 4. The van der Waals surface area contributed by atoms with Crippen molar-refractivity contribution < 1.29 is 27.8 Å². The van der Waals surface area contributed by atoms with Crippen molar-refractivity contribution in [1.29, 1.82) is 0 Å². The molecule has 0 saturated carbocycles. The van der Waals surface area contributed by atoms with Crippen molar-refractivity contribution >= 4 is 17.4 Å². The molecule has 0 fully saturated rings. The predicted octanol–water partition coefficient (Wildman–Crippen LogP) is 4.51. The Balaban J connectivity index is 1.63. The number of ether oxygens (including phenoxy) is 1. The molecule has 2 atom stereocenters. The van der Waals surface area contributed by atoms with Crippen molar-refractivity contribution in [2.24, 2.45) is 0 Å². The summed E-state index contributed by atoms with van der Waals surface area (Å²) in [7, 11) is 1.51. The van der Waals surface area contributed by atoms with Gasteiger partial charge in [0.15, 0.2) is 11.7 Å². The number of amides is 1. The number of benzene rings is 2. The van der Waals surface area contributed by atoms with E-state index in [9.17, 15) is 23.1 Å². The lowest BCUT2D eigenvalue weighted by Crippen LogP contribution is -2.35. The molecule has 0 saturated heterocycles. The maximum atomic E-state index is 13.8. The van der Waals surface area contributed by atoms with Crippen LogP contribution in [-0.4, -0.2) is 34.1 Å². The number of carbonyl (C=O) groups is 1. The van der Waals surface area contributed by atoms with Crippen LogP contribution in [0.4, 0.5) is 24.7 Å². The maximum absolute atomic E-state index is 13.8. The molecule has 0 bridgehead atoms. The number of carbonyl (C=O) groups excluding carboxylic acids is 1. The Labute approximate surface area is 175 Å². The van der Waals surface area contributed by atoms with Gasteiger partial charge in [-0.25, -0.2) is 4.68 Å². The Kier molecular flexibility index (Phi) is 5.22. The number of alkyl halides is 3. The topological polar surface area (TPSA) is 88.4 Å². The molecule has 7 nitrogen and oxygen atoms in total. The minimum absolute atomic E-state index is 0.0527. The molecule has 1 aromatic heterocycles. The minimum Gasteiger partial charge on any atom is -0.508 e. The SMILES string of the molecule is COc1ccc([C@H]2C[C@H](C(F)(F)F)n3nc(C(=O)Nc4cccc(O)c4)cc3N2)cc1. The summed E-state index contributed by atoms with van der Waals surface area (Å²) >= 11 is 0. The average Bonchev–Trinajstić information content (AvgIpc) is 3.16. The fourth-order valence-electron chi connectivity index (χ4n) is 3.52. The average molecular weight is 432 g/mol. The van der Waals surface area contributed by atoms with Crippen LogP contribution >= 0.6 is 0 Å². The summed E-state index contributed by atoms with van der Waals surface area (Å²) in [5.74, 6) is -0.0439. The molecule has 0 unspecified atom stereocenters. The molecule has 162 valence electrons. The number of phenolic OH excluding ortho intramolecular Hbond substituents is 1. The summed E-state index contributed by atoms with van der Waals surface area (Å²) in [5, 5.41) is 19.0. The number of aromatic hydroxyl groups is 1. The van der Waals surface area contributed by atoms with Gasteiger partial charge in [-0.15, -0.1) is 0 Å². The molecular weight excluding hydrogens is 413 g/mol. The minimum atomic E-state index is -4.55. The number of anilines is 2. The van der Waals surface area contributed by atoms with Crippen molar-refractivity contribution in [3.05, 3.63) is 65.9 Å². The highest BCUT2D eigenvalue weighted by Crippen LogP contribution is 2.43. The highest BCUT2D eigenvalue weighted by molar-refractivity contribution is 6.03. The second-order valence-corrected chi connectivity index (χ2v) is 7.13. The van der Waals surface area contributed by atoms with Crippen LogP contribution in [0.3, 0.4) is 0 Å². The van der Waals surface area contributed by atoms with Crippen LogP contribution in [0.5, 0.6) is 11.5 Å². The lowest BCUT2D eigenvalue weighted by molar-refractivity contribution is -0.173. The molecule has 1 amide bonds. The fraction of sp³-hybridized carbons (Fsp3) is 0.238. The van der Waals surface area contributed by atoms with Gasteiger partial charge < -0.3 is 20.5 Å². The lowest BCUT2D eigenvalue weighted by Gasteiger charge is -2.33. The molecule has 2 aromatic carbocycles. The standard InChI is InChI=1S/C21H19F3N4O3/c1-31-15-7-5-12(6-8-15)16-10-18(21(22,23)24)28-19(26-16)11-17(27-28)20(30)25-13-3-2-4-14(29)9-13/h2-9,11,16,18,26,29H,10H2,1H3,(H,25,30)/t16-,18-/m1/s1. The molecule has 2 heterocycles. The Morgan fingerprint density at radius 3 is 2.61 bits per heavy atom. The summed E-state index contributed by atoms with van der Waals surface area (Å²) in [4.78, 5) is 12.5. The third-order valence-corrected chi connectivity index (χ3v) is 5.04. The Morgan fingerprint density at radius 1 is 1.23 bits per heavy atom. The zero-order valence-corrected chi connectivity index (χ0v) is 16.3. The first-order chi connectivity index (χ1) is 14.7. The number of nitrogens with zero attached hydrogens (tertiary/aromatic N) is 2. The summed E-state index contributed by atoms with van der Waals surface area (Å²) in [5.41, 5.74) is 0.788. The normalized spacial score (nSPS) is 18.1. The van der Waals surface area contributed by atoms with E-state index in [1.54, 1.807) is 30.3 Å². The highest BCUT2D eigenvalue weighted by atomic mass is 19.4. The molecule has 31 heavy (non-hydrogen) atoms. The molecular formula is C21H19F3N4O3. The van der Waals surface area contributed by atoms with E-state index in [0.717, 1.165) is 4.68 Å². The van der Waals surface area contributed by atoms with Gasteiger partial charge in [0.05, 0.1) is 13.2 Å². The summed E-state index contributed by atoms with van der Waals surface area (Å²) in [6.45, 7) is 0. The lowest BCUT2D eigenvalue weighted by atomic mass is 9.97. The number of aromatic nitrogens is 2. The zero-order valence-electron chi connectivity index (χ0n) is 16.3. The van der Waals surface area contributed by atoms with E-state index in [1.807, 2.05) is 0 Å². The number of hydrogen-bond donors (Lipinski definition) is 3. The number of hydrogen-bond acceptors (Lipinski definition) is 5.